The highest BCUT2D eigenvalue weighted by molar-refractivity contribution is 5.89. The van der Waals surface area contributed by atoms with Crippen LogP contribution < -0.4 is 24.8 Å². The zero-order valence-electron chi connectivity index (χ0n) is 32.0. The van der Waals surface area contributed by atoms with Crippen LogP contribution in [0.2, 0.25) is 0 Å². The average molecular weight is 742 g/mol. The first-order chi connectivity index (χ1) is 26.6. The van der Waals surface area contributed by atoms with Gasteiger partial charge in [0, 0.05) is 32.4 Å². The number of nitrogens with zero attached hydrogens (tertiary/aromatic N) is 5. The van der Waals surface area contributed by atoms with Gasteiger partial charge in [-0.2, -0.15) is 0 Å². The third-order valence-electron chi connectivity index (χ3n) is 9.66. The standard InChI is InChI=1S/C44H47N5O6/c1-44(2,3)55-43(51)47-27-9-10-34(47)30-48-39-25-26-45-41(40(39)49(42(48)50)33-17-23-38(24-18-33)54-37-11-7-6-8-12-37)46(28-31-13-19-35(52-4)20-14-31)29-32-15-21-36(53-5)22-16-32/h6-8,11-26,34H,9-10,27-30H2,1-5H3/t34-/m0/s1. The molecule has 0 N–H and O–H groups in total. The summed E-state index contributed by atoms with van der Waals surface area (Å²) in [7, 11) is 3.30. The summed E-state index contributed by atoms with van der Waals surface area (Å²) in [6.45, 7) is 7.46. The molecule has 4 aromatic carbocycles. The maximum atomic E-state index is 14.9. The lowest BCUT2D eigenvalue weighted by molar-refractivity contribution is 0.0214. The molecule has 0 unspecified atom stereocenters. The van der Waals surface area contributed by atoms with E-state index in [0.717, 1.165) is 35.5 Å². The molecular formula is C44H47N5O6. The van der Waals surface area contributed by atoms with E-state index in [9.17, 15) is 9.59 Å². The second-order valence-electron chi connectivity index (χ2n) is 14.7. The predicted octanol–water partition coefficient (Wildman–Crippen LogP) is 8.60. The van der Waals surface area contributed by atoms with Crippen LogP contribution in [-0.4, -0.2) is 57.5 Å². The summed E-state index contributed by atoms with van der Waals surface area (Å²) in [6, 6.07) is 34.7. The summed E-state index contributed by atoms with van der Waals surface area (Å²) in [6.07, 6.45) is 2.96. The number of likely N-dealkylation sites (tertiary alicyclic amines) is 1. The quantitative estimate of drug-likeness (QED) is 0.123. The van der Waals surface area contributed by atoms with Gasteiger partial charge >= 0.3 is 11.8 Å². The maximum absolute atomic E-state index is 14.9. The first-order valence-corrected chi connectivity index (χ1v) is 18.5. The number of carbonyl (C=O) groups is 1. The number of pyridine rings is 1. The van der Waals surface area contributed by atoms with Crippen LogP contribution in [0, 0.1) is 0 Å². The van der Waals surface area contributed by atoms with Crippen molar-refractivity contribution in [1.82, 2.24) is 19.0 Å². The second kappa shape index (κ2) is 16.0. The molecule has 0 spiro atoms. The second-order valence-corrected chi connectivity index (χ2v) is 14.7. The van der Waals surface area contributed by atoms with Crippen LogP contribution in [0.25, 0.3) is 16.7 Å². The van der Waals surface area contributed by atoms with Crippen molar-refractivity contribution in [1.29, 1.82) is 0 Å². The lowest BCUT2D eigenvalue weighted by Gasteiger charge is -2.28. The van der Waals surface area contributed by atoms with Gasteiger partial charge < -0.3 is 28.7 Å². The molecular weight excluding hydrogens is 695 g/mol. The number of rotatable bonds is 12. The zero-order chi connectivity index (χ0) is 38.5. The van der Waals surface area contributed by atoms with Crippen LogP contribution in [0.3, 0.4) is 0 Å². The average Bonchev–Trinajstić information content (AvgIpc) is 3.77. The summed E-state index contributed by atoms with van der Waals surface area (Å²) < 4.78 is 26.3. The van der Waals surface area contributed by atoms with Crippen LogP contribution in [0.5, 0.6) is 23.0 Å². The molecule has 1 aliphatic heterocycles. The van der Waals surface area contributed by atoms with E-state index in [1.165, 1.54) is 0 Å². The van der Waals surface area contributed by atoms with Crippen LogP contribution in [0.4, 0.5) is 10.6 Å². The third kappa shape index (κ3) is 8.46. The van der Waals surface area contributed by atoms with Crippen molar-refractivity contribution in [3.63, 3.8) is 0 Å². The molecule has 1 amide bonds. The molecule has 1 saturated heterocycles. The van der Waals surface area contributed by atoms with Gasteiger partial charge in [-0.1, -0.05) is 42.5 Å². The van der Waals surface area contributed by atoms with E-state index in [2.05, 4.69) is 4.90 Å². The first-order valence-electron chi connectivity index (χ1n) is 18.5. The van der Waals surface area contributed by atoms with Crippen molar-refractivity contribution in [2.75, 3.05) is 25.7 Å². The van der Waals surface area contributed by atoms with Crippen LogP contribution in [0.1, 0.15) is 44.7 Å². The number of ether oxygens (including phenoxy) is 4. The van der Waals surface area contributed by atoms with Gasteiger partial charge in [0.1, 0.15) is 34.1 Å². The van der Waals surface area contributed by atoms with Gasteiger partial charge in [-0.25, -0.2) is 14.6 Å². The van der Waals surface area contributed by atoms with Gasteiger partial charge in [0.25, 0.3) is 0 Å². The van der Waals surface area contributed by atoms with Crippen molar-refractivity contribution in [3.8, 4) is 28.7 Å². The van der Waals surface area contributed by atoms with E-state index in [1.54, 1.807) is 34.5 Å². The Balaban J connectivity index is 1.35. The number of imidazole rings is 1. The van der Waals surface area contributed by atoms with Crippen molar-refractivity contribution < 1.29 is 23.7 Å². The van der Waals surface area contributed by atoms with Gasteiger partial charge in [-0.05, 0) is 111 Å². The molecule has 0 aliphatic carbocycles. The number of aromatic nitrogens is 3. The maximum Gasteiger partial charge on any atom is 0.410 e. The summed E-state index contributed by atoms with van der Waals surface area (Å²) in [4.78, 5) is 37.1. The molecule has 2 aromatic heterocycles. The highest BCUT2D eigenvalue weighted by atomic mass is 16.6. The fraction of sp³-hybridized carbons (Fsp3) is 0.295. The summed E-state index contributed by atoms with van der Waals surface area (Å²) in [5, 5.41) is 0. The summed E-state index contributed by atoms with van der Waals surface area (Å²) >= 11 is 0. The highest BCUT2D eigenvalue weighted by Gasteiger charge is 2.34. The minimum atomic E-state index is -0.634. The lowest BCUT2D eigenvalue weighted by Crippen LogP contribution is -2.42. The van der Waals surface area contributed by atoms with E-state index in [1.807, 2.05) is 130 Å². The van der Waals surface area contributed by atoms with Crippen LogP contribution >= 0.6 is 0 Å². The third-order valence-corrected chi connectivity index (χ3v) is 9.66. The zero-order valence-corrected chi connectivity index (χ0v) is 32.0. The minimum Gasteiger partial charge on any atom is -0.497 e. The fourth-order valence-electron chi connectivity index (χ4n) is 7.03. The summed E-state index contributed by atoms with van der Waals surface area (Å²) in [5.41, 5.74) is 3.26. The lowest BCUT2D eigenvalue weighted by atomic mass is 10.1. The molecule has 0 radical (unpaired) electrons. The molecule has 1 atom stereocenters. The number of hydrogen-bond acceptors (Lipinski definition) is 8. The number of benzene rings is 4. The van der Waals surface area contributed by atoms with Gasteiger partial charge in [0.15, 0.2) is 5.82 Å². The van der Waals surface area contributed by atoms with Gasteiger partial charge in [0.05, 0.1) is 31.5 Å². The van der Waals surface area contributed by atoms with Crippen molar-refractivity contribution in [2.24, 2.45) is 0 Å². The Bertz CT molecular complexity index is 2230. The molecule has 0 saturated carbocycles. The SMILES string of the molecule is COc1ccc(CN(Cc2ccc(OC)cc2)c2nccc3c2n(-c2ccc(Oc4ccccc4)cc2)c(=O)n3C[C@@H]2CCCN2C(=O)OC(C)(C)C)cc1. The smallest absolute Gasteiger partial charge is 0.410 e. The Hall–Kier alpha value is -6.23. The first kappa shape index (κ1) is 37.1. The molecule has 0 bridgehead atoms. The number of methoxy groups -OCH3 is 2. The molecule has 55 heavy (non-hydrogen) atoms. The Morgan fingerprint density at radius 2 is 1.36 bits per heavy atom. The van der Waals surface area contributed by atoms with E-state index in [-0.39, 0.29) is 17.8 Å². The minimum absolute atomic E-state index is 0.223. The molecule has 1 aliphatic rings. The van der Waals surface area contributed by atoms with E-state index >= 15 is 0 Å². The number of amides is 1. The number of anilines is 1. The monoisotopic (exact) mass is 741 g/mol. The predicted molar refractivity (Wildman–Crippen MR) is 214 cm³/mol. The number of hydrogen-bond donors (Lipinski definition) is 0. The van der Waals surface area contributed by atoms with E-state index in [4.69, 9.17) is 23.9 Å². The number of carbonyl (C=O) groups excluding carboxylic acids is 1. The molecule has 6 aromatic rings. The topological polar surface area (TPSA) is 100 Å². The van der Waals surface area contributed by atoms with E-state index in [0.29, 0.717) is 60.2 Å². The Labute approximate surface area is 321 Å². The summed E-state index contributed by atoms with van der Waals surface area (Å²) in [5.74, 6) is 3.53. The van der Waals surface area contributed by atoms with Crippen molar-refractivity contribution >= 4 is 22.9 Å². The van der Waals surface area contributed by atoms with Gasteiger partial charge in [0.2, 0.25) is 0 Å². The number of para-hydroxylation sites is 1. The number of fused-ring (bicyclic) bond motifs is 1. The molecule has 7 rings (SSSR count). The largest absolute Gasteiger partial charge is 0.497 e. The molecule has 11 heteroatoms. The van der Waals surface area contributed by atoms with Crippen molar-refractivity contribution in [3.05, 3.63) is 137 Å². The molecule has 284 valence electrons. The molecule has 1 fully saturated rings. The Kier molecular flexibility index (Phi) is 10.8. The normalized spacial score (nSPS) is 14.2. The molecule has 11 nitrogen and oxygen atoms in total. The van der Waals surface area contributed by atoms with Gasteiger partial charge in [-0.15, -0.1) is 0 Å². The van der Waals surface area contributed by atoms with Gasteiger partial charge in [-0.3, -0.25) is 9.13 Å². The fourth-order valence-corrected chi connectivity index (χ4v) is 7.03. The van der Waals surface area contributed by atoms with Crippen molar-refractivity contribution in [2.45, 2.75) is 64.9 Å². The Morgan fingerprint density at radius 1 is 0.782 bits per heavy atom. The van der Waals surface area contributed by atoms with Crippen LogP contribution in [0.15, 0.2) is 120 Å². The highest BCUT2D eigenvalue weighted by Crippen LogP contribution is 2.32. The van der Waals surface area contributed by atoms with E-state index < -0.39 is 5.60 Å². The molecule has 3 heterocycles. The Morgan fingerprint density at radius 3 is 1.95 bits per heavy atom. The van der Waals surface area contributed by atoms with Crippen LogP contribution in [-0.2, 0) is 24.4 Å².